The summed E-state index contributed by atoms with van der Waals surface area (Å²) in [7, 11) is 0. The summed E-state index contributed by atoms with van der Waals surface area (Å²) in [6, 6.07) is 24.6. The molecule has 0 spiro atoms. The van der Waals surface area contributed by atoms with Gasteiger partial charge < -0.3 is 0 Å². The van der Waals surface area contributed by atoms with Crippen LogP contribution in [0.2, 0.25) is 0 Å². The first-order chi connectivity index (χ1) is 46.3. The van der Waals surface area contributed by atoms with Gasteiger partial charge in [0.05, 0.1) is 42.3 Å². The summed E-state index contributed by atoms with van der Waals surface area (Å²) in [5.74, 6) is 2.85. The first-order valence-corrected chi connectivity index (χ1v) is 44.6. The predicted octanol–water partition coefficient (Wildman–Crippen LogP) is 30.4. The summed E-state index contributed by atoms with van der Waals surface area (Å²) >= 11 is 22.8. The largest absolute Gasteiger partial charge is 0.172 e. The van der Waals surface area contributed by atoms with Crippen molar-refractivity contribution in [3.63, 3.8) is 0 Å². The Morgan fingerprint density at radius 2 is 0.585 bits per heavy atom. The number of hydrogen-bond acceptors (Lipinski definition) is 16. The molecule has 94 heavy (non-hydrogen) atoms. The fraction of sp³-hybridized carbons (Fsp3) is 0.410. The molecule has 0 radical (unpaired) electrons. The number of rotatable bonds is 28. The average Bonchev–Trinajstić information content (AvgIpc) is 1.51. The van der Waals surface area contributed by atoms with E-state index in [1.165, 1.54) is 278 Å². The van der Waals surface area contributed by atoms with Crippen LogP contribution in [0.5, 0.6) is 0 Å². The molecule has 4 unspecified atom stereocenters. The molecule has 0 aliphatic rings. The van der Waals surface area contributed by atoms with Gasteiger partial charge in [0.25, 0.3) is 0 Å². The highest BCUT2D eigenvalue weighted by Gasteiger charge is 2.33. The number of unbranched alkanes of at least 4 members (excludes halogenated alkanes) is 4. The van der Waals surface area contributed by atoms with Crippen LogP contribution in [0.4, 0.5) is 0 Å². The molecule has 4 atom stereocenters. The van der Waals surface area contributed by atoms with Crippen molar-refractivity contribution >= 4 is 249 Å². The van der Waals surface area contributed by atoms with E-state index in [-0.39, 0.29) is 0 Å². The maximum Gasteiger partial charge on any atom is 0.115 e. The van der Waals surface area contributed by atoms with Crippen molar-refractivity contribution in [1.82, 2.24) is 17.5 Å². The molecule has 16 heteroatoms. The molecule has 0 N–H and O–H groups in total. The molecular weight excluding hydrogens is 1380 g/mol. The highest BCUT2D eigenvalue weighted by atomic mass is 32.1. The topological polar surface area (TPSA) is 51.6 Å². The van der Waals surface area contributed by atoms with Crippen molar-refractivity contribution in [3.8, 4) is 41.8 Å². The van der Waals surface area contributed by atoms with Gasteiger partial charge in [0.1, 0.15) is 22.1 Å². The van der Waals surface area contributed by atoms with Gasteiger partial charge in [-0.05, 0) is 121 Å². The molecule has 4 nitrogen and oxygen atoms in total. The van der Waals surface area contributed by atoms with Crippen LogP contribution in [0, 0.1) is 23.7 Å². The van der Waals surface area contributed by atoms with Gasteiger partial charge in [-0.3, -0.25) is 0 Å². The lowest BCUT2D eigenvalue weighted by molar-refractivity contribution is 0.452. The van der Waals surface area contributed by atoms with Gasteiger partial charge >= 0.3 is 0 Å². The van der Waals surface area contributed by atoms with Gasteiger partial charge in [-0.1, -0.05) is 158 Å². The predicted molar refractivity (Wildman–Crippen MR) is 434 cm³/mol. The first-order valence-electron chi connectivity index (χ1n) is 34.9. The van der Waals surface area contributed by atoms with Crippen LogP contribution in [-0.4, -0.2) is 17.5 Å². The summed E-state index contributed by atoms with van der Waals surface area (Å²) in [6.45, 7) is 18.9. The SMILES string of the molecule is CCCCC(CC)Cc1ccc(-c2c3ccsc3c(-c3ccc(CC(CC)CCCC)s3)c3c2sc2c3sc3c2c2nsnc2c2c4sc5c(sc6c(-c7ccc(CC(CC)CCCC)s7)c7ccsc7c(-c7ccc(CC(CC)CCCC)s7)c65)c4c4nsnc4c32)s1. The Kier molecular flexibility index (Phi) is 18.9. The monoisotopic (exact) mass is 1460 g/mol. The third-order valence-electron chi connectivity index (χ3n) is 20.7. The molecule has 0 bridgehead atoms. The van der Waals surface area contributed by atoms with Crippen LogP contribution in [-0.2, 0) is 25.7 Å². The summed E-state index contributed by atoms with van der Waals surface area (Å²) in [5.41, 5.74) is 9.72. The van der Waals surface area contributed by atoms with Gasteiger partial charge in [-0.25, -0.2) is 0 Å². The Bertz CT molecular complexity index is 5080. The molecule has 12 heterocycles. The van der Waals surface area contributed by atoms with Gasteiger partial charge in [0.15, 0.2) is 0 Å². The number of nitrogens with zero attached hydrogens (tertiary/aromatic N) is 4. The molecular formula is C78H80N4S12. The lowest BCUT2D eigenvalue weighted by Gasteiger charge is -2.13. The molecule has 16 aromatic rings. The molecule has 0 aliphatic heterocycles. The van der Waals surface area contributed by atoms with Crippen LogP contribution >= 0.6 is 137 Å². The summed E-state index contributed by atoms with van der Waals surface area (Å²) in [6.07, 6.45) is 25.0. The van der Waals surface area contributed by atoms with E-state index in [9.17, 15) is 0 Å². The number of benzene rings is 4. The van der Waals surface area contributed by atoms with Crippen molar-refractivity contribution in [2.45, 2.75) is 184 Å². The second-order valence-corrected chi connectivity index (χ2v) is 38.2. The van der Waals surface area contributed by atoms with Crippen LogP contribution in [0.1, 0.15) is 178 Å². The van der Waals surface area contributed by atoms with Gasteiger partial charge in [-0.2, -0.15) is 17.5 Å². The van der Waals surface area contributed by atoms with Crippen LogP contribution < -0.4 is 0 Å². The van der Waals surface area contributed by atoms with Crippen molar-refractivity contribution < 1.29 is 0 Å². The van der Waals surface area contributed by atoms with Crippen molar-refractivity contribution in [2.75, 3.05) is 0 Å². The van der Waals surface area contributed by atoms with Crippen molar-refractivity contribution in [1.29, 1.82) is 0 Å². The van der Waals surface area contributed by atoms with E-state index >= 15 is 0 Å². The second kappa shape index (κ2) is 27.5. The molecule has 0 saturated heterocycles. The average molecular weight is 1460 g/mol. The van der Waals surface area contributed by atoms with Gasteiger partial charge in [0.2, 0.25) is 0 Å². The van der Waals surface area contributed by atoms with Crippen molar-refractivity contribution in [3.05, 3.63) is 90.9 Å². The van der Waals surface area contributed by atoms with Gasteiger partial charge in [-0.15, -0.1) is 113 Å². The minimum absolute atomic E-state index is 0.708. The second-order valence-electron chi connectivity index (χ2n) is 26.6. The van der Waals surface area contributed by atoms with E-state index in [1.807, 2.05) is 113 Å². The lowest BCUT2D eigenvalue weighted by Crippen LogP contribution is -2.01. The molecule has 12 aromatic heterocycles. The summed E-state index contributed by atoms with van der Waals surface area (Å²) in [5, 5.41) is 15.2. The number of aromatic nitrogens is 4. The van der Waals surface area contributed by atoms with E-state index < -0.39 is 0 Å². The maximum atomic E-state index is 5.43. The molecule has 0 saturated carbocycles. The van der Waals surface area contributed by atoms with Crippen LogP contribution in [0.15, 0.2) is 71.4 Å². The fourth-order valence-electron chi connectivity index (χ4n) is 15.4. The standard InChI is InChI=1S/C78H80N4S12/c1-9-17-21-41(13-5)37-45-25-29-51(85-45)55-49-33-35-83-69(49)57(53-31-27-47(87-53)39-43(15-7)23-19-11-3)61-71(55)89-77-63-67-65(79-93-81-67)60-59(73(63)91-75(61)77)66-68(82-94-80-66)64-74(60)92-76-62-58(54-32-28-48(88-54)40-44(16-8)24-20-12-4)70-50(34-36-84-70)56(72(62)90-78(64)76)52-30-26-46(86-52)38-42(14-6)22-18-10-2/h25-36,41-44H,9-24,37-40H2,1-8H3. The summed E-state index contributed by atoms with van der Waals surface area (Å²) < 4.78 is 35.3. The zero-order valence-corrected chi connectivity index (χ0v) is 64.9. The van der Waals surface area contributed by atoms with Crippen molar-refractivity contribution in [2.24, 2.45) is 23.7 Å². The molecule has 4 aromatic carbocycles. The van der Waals surface area contributed by atoms with E-state index in [2.05, 4.69) is 127 Å². The summed E-state index contributed by atoms with van der Waals surface area (Å²) in [4.78, 5) is 11.6. The number of fused-ring (bicyclic) bond motifs is 21. The van der Waals surface area contributed by atoms with E-state index in [0.29, 0.717) is 11.8 Å². The number of hydrogen-bond donors (Lipinski definition) is 0. The van der Waals surface area contributed by atoms with Gasteiger partial charge in [0, 0.05) is 133 Å². The third kappa shape index (κ3) is 11.1. The van der Waals surface area contributed by atoms with E-state index in [1.54, 1.807) is 0 Å². The zero-order valence-electron chi connectivity index (χ0n) is 55.1. The Labute approximate surface area is 600 Å². The quantitative estimate of drug-likeness (QED) is 0.0490. The minimum atomic E-state index is 0.708. The Morgan fingerprint density at radius 1 is 0.287 bits per heavy atom. The highest BCUT2D eigenvalue weighted by molar-refractivity contribution is 7.39. The van der Waals surface area contributed by atoms with Crippen LogP contribution in [0.3, 0.4) is 0 Å². The highest BCUT2D eigenvalue weighted by Crippen LogP contribution is 2.62. The Balaban J connectivity index is 0.948. The normalized spacial score (nSPS) is 14.0. The van der Waals surface area contributed by atoms with E-state index in [0.717, 1.165) is 59.6 Å². The third-order valence-corrected chi connectivity index (χ3v) is 33.3. The minimum Gasteiger partial charge on any atom is -0.172 e. The molecule has 16 rings (SSSR count). The Morgan fingerprint density at radius 3 is 0.904 bits per heavy atom. The Hall–Kier alpha value is -4.14. The van der Waals surface area contributed by atoms with E-state index in [4.69, 9.17) is 17.5 Å². The molecule has 484 valence electrons. The molecule has 0 fully saturated rings. The molecule has 0 aliphatic carbocycles. The molecule has 0 amide bonds. The first kappa shape index (κ1) is 64.5. The fourth-order valence-corrected chi connectivity index (χ4v) is 29.5. The lowest BCUT2D eigenvalue weighted by atomic mass is 9.95. The maximum absolute atomic E-state index is 5.43. The van der Waals surface area contributed by atoms with Crippen LogP contribution in [0.25, 0.3) is 154 Å². The zero-order chi connectivity index (χ0) is 63.9. The smallest absolute Gasteiger partial charge is 0.115 e. The number of thiophene rings is 10.